The number of carboxylic acids is 2. The second-order valence-corrected chi connectivity index (χ2v) is 15.3. The maximum Gasteiger partial charge on any atom is 2.00 e. The van der Waals surface area contributed by atoms with Gasteiger partial charge in [-0.2, -0.15) is 23.5 Å². The average Bonchev–Trinajstić information content (AvgIpc) is 2.99. The van der Waals surface area contributed by atoms with Crippen LogP contribution in [0.15, 0.2) is 69.9 Å². The van der Waals surface area contributed by atoms with Gasteiger partial charge >= 0.3 is 19.5 Å². The van der Waals surface area contributed by atoms with Gasteiger partial charge in [0.25, 0.3) is 0 Å². The number of carboxylic acid groups (broad SMARTS) is 2. The van der Waals surface area contributed by atoms with Crippen molar-refractivity contribution in [2.75, 3.05) is 23.0 Å². The summed E-state index contributed by atoms with van der Waals surface area (Å²) in [5, 5.41) is 26.6. The third-order valence-electron chi connectivity index (χ3n) is 7.24. The van der Waals surface area contributed by atoms with Crippen LogP contribution >= 0.6 is 23.5 Å². The fourth-order valence-electron chi connectivity index (χ4n) is 4.28. The third-order valence-corrected chi connectivity index (χ3v) is 9.18. The number of aliphatic carboxylic acids is 2. The molecule has 284 valence electrons. The first-order chi connectivity index (χ1) is 23.4. The molecule has 0 aromatic carbocycles. The van der Waals surface area contributed by atoms with E-state index in [-0.39, 0.29) is 31.3 Å². The molecule has 0 fully saturated rings. The minimum atomic E-state index is -1.24. The molecule has 2 N–H and O–H groups in total. The van der Waals surface area contributed by atoms with E-state index in [1.54, 1.807) is 0 Å². The van der Waals surface area contributed by atoms with Crippen molar-refractivity contribution in [2.45, 2.75) is 133 Å². The SMILES string of the molecule is CC(=O)N[C@@H](CSC/C=C(\C)CC/C=C(\C)CCC=C(C)C)C(=O)[O-].CC(=O)N[C@@H](CSC/C=C(\C)CC/C=C(\C)CCC=C(C)C)C(=O)[O-].[Zn+2]. The summed E-state index contributed by atoms with van der Waals surface area (Å²) in [6.45, 7) is 19.6. The quantitative estimate of drug-likeness (QED) is 0.0620. The summed E-state index contributed by atoms with van der Waals surface area (Å²) in [6.07, 6.45) is 21.9. The van der Waals surface area contributed by atoms with E-state index in [1.165, 1.54) is 70.8 Å². The number of allylic oxidation sites excluding steroid dienone is 10. The number of rotatable bonds is 24. The Labute approximate surface area is 330 Å². The van der Waals surface area contributed by atoms with E-state index in [9.17, 15) is 29.4 Å². The summed E-state index contributed by atoms with van der Waals surface area (Å²) in [4.78, 5) is 43.7. The molecule has 0 aliphatic rings. The molecule has 0 radical (unpaired) electrons. The number of hydrogen-bond donors (Lipinski definition) is 2. The standard InChI is InChI=1S/2C20H33NO3S.Zn/c2*1-15(2)8-6-9-16(3)10-7-11-17(4)12-13-25-14-19(20(23)24)21-18(5)22;/h2*8,10,12,19H,6-7,9,11,13-14H2,1-5H3,(H,21,22)(H,23,24);/q;;+2/p-2/b2*16-10+,17-12+;/t2*19-;/m00./s1. The largest absolute Gasteiger partial charge is 2.00 e. The van der Waals surface area contributed by atoms with Crippen LogP contribution in [0.3, 0.4) is 0 Å². The van der Waals surface area contributed by atoms with Gasteiger partial charge in [0.1, 0.15) is 0 Å². The molecule has 2 amide bonds. The van der Waals surface area contributed by atoms with Gasteiger partial charge in [0.15, 0.2) is 0 Å². The maximum absolute atomic E-state index is 10.9. The number of carbonyl (C=O) groups is 4. The van der Waals surface area contributed by atoms with Gasteiger partial charge in [0.2, 0.25) is 11.8 Å². The topological polar surface area (TPSA) is 138 Å². The van der Waals surface area contributed by atoms with Crippen molar-refractivity contribution in [3.8, 4) is 0 Å². The predicted molar refractivity (Wildman–Crippen MR) is 211 cm³/mol. The molecule has 0 aromatic heterocycles. The number of amides is 2. The zero-order chi connectivity index (χ0) is 38.5. The Morgan fingerprint density at radius 3 is 1.02 bits per heavy atom. The maximum atomic E-state index is 10.9. The van der Waals surface area contributed by atoms with Gasteiger partial charge < -0.3 is 30.4 Å². The van der Waals surface area contributed by atoms with Gasteiger partial charge in [-0.3, -0.25) is 9.59 Å². The smallest absolute Gasteiger partial charge is 0.548 e. The van der Waals surface area contributed by atoms with Crippen LogP contribution in [-0.2, 0) is 38.7 Å². The Kier molecular flexibility index (Phi) is 34.8. The summed E-state index contributed by atoms with van der Waals surface area (Å²) >= 11 is 2.96. The Hall–Kier alpha value is -2.36. The molecule has 0 rings (SSSR count). The minimum absolute atomic E-state index is 0. The van der Waals surface area contributed by atoms with Gasteiger partial charge in [0, 0.05) is 36.9 Å². The Balaban J connectivity index is -0.000000886. The molecule has 0 unspecified atom stereocenters. The Morgan fingerprint density at radius 1 is 0.490 bits per heavy atom. The van der Waals surface area contributed by atoms with Crippen LogP contribution in [0, 0.1) is 0 Å². The van der Waals surface area contributed by atoms with Crippen LogP contribution in [0.4, 0.5) is 0 Å². The first-order valence-electron chi connectivity index (χ1n) is 17.4. The van der Waals surface area contributed by atoms with E-state index in [0.29, 0.717) is 11.5 Å². The zero-order valence-electron chi connectivity index (χ0n) is 33.1. The van der Waals surface area contributed by atoms with Crippen LogP contribution in [0.1, 0.15) is 121 Å². The third kappa shape index (κ3) is 37.2. The normalized spacial score (nSPS) is 13.1. The van der Waals surface area contributed by atoms with E-state index < -0.39 is 24.0 Å². The van der Waals surface area contributed by atoms with E-state index in [0.717, 1.165) is 62.9 Å². The van der Waals surface area contributed by atoms with Crippen molar-refractivity contribution in [1.29, 1.82) is 0 Å². The summed E-state index contributed by atoms with van der Waals surface area (Å²) in [5.74, 6) is -1.09. The fourth-order valence-corrected chi connectivity index (χ4v) is 6.27. The van der Waals surface area contributed by atoms with E-state index in [4.69, 9.17) is 0 Å². The number of nitrogens with one attached hydrogen (secondary N) is 2. The average molecular weight is 798 g/mol. The fraction of sp³-hybridized carbons (Fsp3) is 0.600. The molecule has 51 heavy (non-hydrogen) atoms. The minimum Gasteiger partial charge on any atom is -0.548 e. The second kappa shape index (κ2) is 33.5. The molecule has 11 heteroatoms. The molecule has 8 nitrogen and oxygen atoms in total. The molecule has 0 aliphatic heterocycles. The van der Waals surface area contributed by atoms with Crippen molar-refractivity contribution in [1.82, 2.24) is 10.6 Å². The van der Waals surface area contributed by atoms with Crippen LogP contribution < -0.4 is 20.8 Å². The molecule has 0 aromatic rings. The monoisotopic (exact) mass is 796 g/mol. The molecule has 0 aliphatic carbocycles. The summed E-state index contributed by atoms with van der Waals surface area (Å²) in [7, 11) is 0. The first-order valence-corrected chi connectivity index (χ1v) is 19.8. The molecule has 0 saturated carbocycles. The van der Waals surface area contributed by atoms with Gasteiger partial charge in [-0.05, 0) is 107 Å². The van der Waals surface area contributed by atoms with Crippen molar-refractivity contribution in [3.05, 3.63) is 69.9 Å². The molecular formula is C40H64N2O6S2Zn. The molecule has 2 atom stereocenters. The molecule has 0 bridgehead atoms. The summed E-state index contributed by atoms with van der Waals surface area (Å²) < 4.78 is 0. The molecule has 0 heterocycles. The molecule has 0 saturated heterocycles. The van der Waals surface area contributed by atoms with E-state index in [1.807, 2.05) is 0 Å². The molecular weight excluding hydrogens is 734 g/mol. The predicted octanol–water partition coefficient (Wildman–Crippen LogP) is 6.78. The van der Waals surface area contributed by atoms with E-state index in [2.05, 4.69) is 102 Å². The number of hydrogen-bond acceptors (Lipinski definition) is 8. The van der Waals surface area contributed by atoms with Gasteiger partial charge in [-0.25, -0.2) is 0 Å². The summed E-state index contributed by atoms with van der Waals surface area (Å²) in [5.41, 5.74) is 8.17. The van der Waals surface area contributed by atoms with Gasteiger partial charge in [0.05, 0.1) is 24.0 Å². The van der Waals surface area contributed by atoms with Gasteiger partial charge in [-0.1, -0.05) is 69.9 Å². The number of carbonyl (C=O) groups excluding carboxylic acids is 4. The van der Waals surface area contributed by atoms with Crippen molar-refractivity contribution in [2.24, 2.45) is 0 Å². The van der Waals surface area contributed by atoms with Crippen LogP contribution in [0.5, 0.6) is 0 Å². The second-order valence-electron chi connectivity index (χ2n) is 13.1. The van der Waals surface area contributed by atoms with Crippen molar-refractivity contribution < 1.29 is 48.9 Å². The Morgan fingerprint density at radius 2 is 0.765 bits per heavy atom. The Bertz CT molecular complexity index is 1140. The molecule has 0 spiro atoms. The van der Waals surface area contributed by atoms with Crippen molar-refractivity contribution >= 4 is 47.3 Å². The first kappa shape index (κ1) is 53.0. The van der Waals surface area contributed by atoms with Crippen molar-refractivity contribution in [3.63, 3.8) is 0 Å². The van der Waals surface area contributed by atoms with E-state index >= 15 is 0 Å². The zero-order valence-corrected chi connectivity index (χ0v) is 37.7. The van der Waals surface area contributed by atoms with Crippen LogP contribution in [0.2, 0.25) is 0 Å². The van der Waals surface area contributed by atoms with Gasteiger partial charge in [-0.15, -0.1) is 0 Å². The van der Waals surface area contributed by atoms with Crippen LogP contribution in [-0.4, -0.2) is 58.8 Å². The summed E-state index contributed by atoms with van der Waals surface area (Å²) in [6, 6.07) is -1.86. The number of thioether (sulfide) groups is 2. The van der Waals surface area contributed by atoms with Crippen LogP contribution in [0.25, 0.3) is 0 Å².